The number of hydrogen-bond acceptors (Lipinski definition) is 4. The lowest BCUT2D eigenvalue weighted by Gasteiger charge is -2.31. The topological polar surface area (TPSA) is 67.8 Å². The zero-order valence-electron chi connectivity index (χ0n) is 13.4. The molecular weight excluding hydrogens is 282 g/mol. The summed E-state index contributed by atoms with van der Waals surface area (Å²) in [7, 11) is 3.30. The first-order valence-electron chi connectivity index (χ1n) is 6.91. The number of hydrogen-bond donors (Lipinski definition) is 2. The molecule has 0 fully saturated rings. The van der Waals surface area contributed by atoms with Gasteiger partial charge in [0.05, 0.1) is 13.2 Å². The van der Waals surface area contributed by atoms with E-state index in [4.69, 9.17) is 14.7 Å². The Hall–Kier alpha value is -2.11. The van der Waals surface area contributed by atoms with Gasteiger partial charge in [-0.05, 0) is 17.7 Å². The minimum Gasteiger partial charge on any atom is -0.497 e. The highest BCUT2D eigenvalue weighted by molar-refractivity contribution is 5.86. The van der Waals surface area contributed by atoms with Gasteiger partial charge in [-0.15, -0.1) is 0 Å². The highest BCUT2D eigenvalue weighted by Crippen LogP contribution is 2.37. The van der Waals surface area contributed by atoms with Crippen LogP contribution in [0.25, 0.3) is 0 Å². The number of ether oxygens (including phenoxy) is 2. The summed E-state index contributed by atoms with van der Waals surface area (Å²) >= 11 is 0. The fourth-order valence-corrected chi connectivity index (χ4v) is 2.22. The quantitative estimate of drug-likeness (QED) is 0.352. The maximum atomic E-state index is 10.9. The molecule has 0 aromatic heterocycles. The number of allylic oxidation sites excluding steroid dienone is 2. The molecule has 2 N–H and O–H groups in total. The molecule has 5 nitrogen and oxygen atoms in total. The number of methoxy groups -OCH3 is 2. The van der Waals surface area contributed by atoms with Crippen molar-refractivity contribution in [1.82, 2.24) is 5.48 Å². The lowest BCUT2D eigenvalue weighted by atomic mass is 9.82. The van der Waals surface area contributed by atoms with Crippen LogP contribution in [-0.4, -0.2) is 25.3 Å². The first-order valence-corrected chi connectivity index (χ1v) is 6.91. The van der Waals surface area contributed by atoms with E-state index in [1.165, 1.54) is 11.6 Å². The molecule has 1 amide bonds. The van der Waals surface area contributed by atoms with Crippen molar-refractivity contribution in [3.05, 3.63) is 54.1 Å². The van der Waals surface area contributed by atoms with E-state index in [2.05, 4.69) is 0 Å². The van der Waals surface area contributed by atoms with Gasteiger partial charge in [0, 0.05) is 18.6 Å². The van der Waals surface area contributed by atoms with Gasteiger partial charge in [0.15, 0.2) is 0 Å². The van der Waals surface area contributed by atoms with Gasteiger partial charge in [-0.3, -0.25) is 10.0 Å². The molecule has 0 bridgehead atoms. The molecule has 0 aliphatic carbocycles. The lowest BCUT2D eigenvalue weighted by Crippen LogP contribution is -2.21. The second kappa shape index (κ2) is 8.36. The molecule has 0 saturated heterocycles. The lowest BCUT2D eigenvalue weighted by molar-refractivity contribution is -0.124. The first-order chi connectivity index (χ1) is 10.4. The fourth-order valence-electron chi connectivity index (χ4n) is 2.22. The van der Waals surface area contributed by atoms with Crippen LogP contribution in [-0.2, 0) is 9.53 Å². The standard InChI is InChI=1S/C17H23NO4/c1-17(2,12-6-5-7-15(19)18-20)16(22-4)13-8-10-14(21-3)11-9-13/h5-12,16,20H,1-4H3,(H,18,19)/b7-5+,12-6+. The zero-order chi connectivity index (χ0) is 16.6. The predicted molar refractivity (Wildman–Crippen MR) is 84.7 cm³/mol. The molecule has 0 heterocycles. The van der Waals surface area contributed by atoms with E-state index in [1.807, 2.05) is 44.2 Å². The number of hydroxylamine groups is 1. The molecular formula is C17H23NO4. The number of rotatable bonds is 7. The van der Waals surface area contributed by atoms with Gasteiger partial charge < -0.3 is 9.47 Å². The summed E-state index contributed by atoms with van der Waals surface area (Å²) in [6.07, 6.45) is 6.36. The van der Waals surface area contributed by atoms with Crippen molar-refractivity contribution in [3.8, 4) is 5.75 Å². The molecule has 0 saturated carbocycles. The largest absolute Gasteiger partial charge is 0.497 e. The molecule has 1 aromatic carbocycles. The van der Waals surface area contributed by atoms with E-state index in [-0.39, 0.29) is 11.5 Å². The normalized spacial score (nSPS) is 13.5. The molecule has 0 aliphatic rings. The summed E-state index contributed by atoms with van der Waals surface area (Å²) < 4.78 is 10.8. The van der Waals surface area contributed by atoms with Crippen molar-refractivity contribution < 1.29 is 19.5 Å². The van der Waals surface area contributed by atoms with Crippen LogP contribution in [0.1, 0.15) is 25.5 Å². The van der Waals surface area contributed by atoms with Crippen molar-refractivity contribution in [2.24, 2.45) is 5.41 Å². The summed E-state index contributed by atoms with van der Waals surface area (Å²) in [4.78, 5) is 10.9. The molecule has 120 valence electrons. The summed E-state index contributed by atoms with van der Waals surface area (Å²) in [5.41, 5.74) is 2.29. The molecule has 22 heavy (non-hydrogen) atoms. The van der Waals surface area contributed by atoms with Crippen molar-refractivity contribution in [1.29, 1.82) is 0 Å². The summed E-state index contributed by atoms with van der Waals surface area (Å²) in [5, 5.41) is 8.41. The van der Waals surface area contributed by atoms with E-state index in [0.29, 0.717) is 0 Å². The third kappa shape index (κ3) is 5.02. The maximum Gasteiger partial charge on any atom is 0.267 e. The Labute approximate surface area is 131 Å². The number of benzene rings is 1. The van der Waals surface area contributed by atoms with Gasteiger partial charge in [0.2, 0.25) is 0 Å². The summed E-state index contributed by atoms with van der Waals surface area (Å²) in [6.45, 7) is 4.09. The van der Waals surface area contributed by atoms with Gasteiger partial charge in [0.25, 0.3) is 5.91 Å². The van der Waals surface area contributed by atoms with Crippen LogP contribution < -0.4 is 10.2 Å². The van der Waals surface area contributed by atoms with E-state index in [9.17, 15) is 4.79 Å². The summed E-state index contributed by atoms with van der Waals surface area (Å²) in [6, 6.07) is 7.73. The van der Waals surface area contributed by atoms with Crippen LogP contribution in [0.2, 0.25) is 0 Å². The van der Waals surface area contributed by atoms with E-state index >= 15 is 0 Å². The fraction of sp³-hybridized carbons (Fsp3) is 0.353. The molecule has 1 rings (SSSR count). The van der Waals surface area contributed by atoms with Crippen LogP contribution in [0.3, 0.4) is 0 Å². The van der Waals surface area contributed by atoms with Crippen molar-refractivity contribution in [3.63, 3.8) is 0 Å². The van der Waals surface area contributed by atoms with Gasteiger partial charge in [-0.1, -0.05) is 44.2 Å². The molecule has 0 radical (unpaired) electrons. The minimum atomic E-state index is -0.569. The number of amides is 1. The van der Waals surface area contributed by atoms with Crippen LogP contribution in [0.15, 0.2) is 48.6 Å². The van der Waals surface area contributed by atoms with E-state index in [1.54, 1.807) is 26.4 Å². The second-order valence-electron chi connectivity index (χ2n) is 5.40. The Morgan fingerprint density at radius 2 is 1.86 bits per heavy atom. The number of carbonyl (C=O) groups is 1. The molecule has 1 unspecified atom stereocenters. The molecule has 1 aromatic rings. The van der Waals surface area contributed by atoms with Crippen LogP contribution in [0.4, 0.5) is 0 Å². The summed E-state index contributed by atoms with van der Waals surface area (Å²) in [5.74, 6) is 0.228. The van der Waals surface area contributed by atoms with Crippen LogP contribution >= 0.6 is 0 Å². The molecule has 5 heteroatoms. The Morgan fingerprint density at radius 3 is 2.36 bits per heavy atom. The first kappa shape index (κ1) is 17.9. The third-order valence-corrected chi connectivity index (χ3v) is 3.32. The van der Waals surface area contributed by atoms with Gasteiger partial charge in [-0.25, -0.2) is 5.48 Å². The number of nitrogens with one attached hydrogen (secondary N) is 1. The average Bonchev–Trinajstić information content (AvgIpc) is 2.52. The maximum absolute atomic E-state index is 10.9. The van der Waals surface area contributed by atoms with Gasteiger partial charge in [0.1, 0.15) is 5.75 Å². The van der Waals surface area contributed by atoms with Crippen molar-refractivity contribution >= 4 is 5.91 Å². The predicted octanol–water partition coefficient (Wildman–Crippen LogP) is 3.03. The highest BCUT2D eigenvalue weighted by Gasteiger charge is 2.28. The minimum absolute atomic E-state index is 0.144. The van der Waals surface area contributed by atoms with Crippen molar-refractivity contribution in [2.45, 2.75) is 20.0 Å². The average molecular weight is 305 g/mol. The second-order valence-corrected chi connectivity index (χ2v) is 5.40. The smallest absolute Gasteiger partial charge is 0.267 e. The SMILES string of the molecule is COc1ccc(C(OC)C(C)(C)/C=C/C=C/C(=O)NO)cc1. The Morgan fingerprint density at radius 1 is 1.23 bits per heavy atom. The van der Waals surface area contributed by atoms with Gasteiger partial charge >= 0.3 is 0 Å². The van der Waals surface area contributed by atoms with Crippen LogP contribution in [0, 0.1) is 5.41 Å². The Bertz CT molecular complexity index is 532. The van der Waals surface area contributed by atoms with Crippen LogP contribution in [0.5, 0.6) is 5.75 Å². The highest BCUT2D eigenvalue weighted by atomic mass is 16.5. The van der Waals surface area contributed by atoms with E-state index < -0.39 is 5.91 Å². The van der Waals surface area contributed by atoms with Crippen molar-refractivity contribution in [2.75, 3.05) is 14.2 Å². The molecule has 1 atom stereocenters. The third-order valence-electron chi connectivity index (χ3n) is 3.32. The monoisotopic (exact) mass is 305 g/mol. The van der Waals surface area contributed by atoms with Gasteiger partial charge in [-0.2, -0.15) is 0 Å². The van der Waals surface area contributed by atoms with E-state index in [0.717, 1.165) is 11.3 Å². The molecule has 0 aliphatic heterocycles. The Balaban J connectivity index is 2.88. The molecule has 0 spiro atoms. The number of carbonyl (C=O) groups excluding carboxylic acids is 1. The zero-order valence-corrected chi connectivity index (χ0v) is 13.4. The Kier molecular flexibility index (Phi) is 6.82.